The Bertz CT molecular complexity index is 659. The van der Waals surface area contributed by atoms with E-state index in [2.05, 4.69) is 11.4 Å². The molecule has 0 radical (unpaired) electrons. The fraction of sp³-hybridized carbons (Fsp3) is 0.143. The average molecular weight is 256 g/mol. The molecule has 0 aliphatic heterocycles. The Hall–Kier alpha value is -1.99. The third-order valence-corrected chi connectivity index (χ3v) is 3.61. The Balaban J connectivity index is 2.92. The molecule has 2 rings (SSSR count). The van der Waals surface area contributed by atoms with Crippen LogP contribution in [0, 0.1) is 11.3 Å². The summed E-state index contributed by atoms with van der Waals surface area (Å²) in [5, 5.41) is 13.6. The maximum Gasteiger partial charge on any atom is 0.252 e. The summed E-state index contributed by atoms with van der Waals surface area (Å²) in [7, 11) is 1.60. The number of carbonyl (C=O) groups is 1. The van der Waals surface area contributed by atoms with Gasteiger partial charge in [-0.05, 0) is 23.1 Å². The van der Waals surface area contributed by atoms with Crippen LogP contribution in [0.1, 0.15) is 15.9 Å². The van der Waals surface area contributed by atoms with E-state index in [4.69, 9.17) is 0 Å². The third-order valence-electron chi connectivity index (χ3n) is 2.78. The Morgan fingerprint density at radius 2 is 2.11 bits per heavy atom. The van der Waals surface area contributed by atoms with Crippen LogP contribution in [-0.2, 0) is 0 Å². The number of benzene rings is 2. The third kappa shape index (κ3) is 1.93. The van der Waals surface area contributed by atoms with Crippen molar-refractivity contribution >= 4 is 28.4 Å². The summed E-state index contributed by atoms with van der Waals surface area (Å²) in [4.78, 5) is 12.8. The average Bonchev–Trinajstić information content (AvgIpc) is 2.44. The molecule has 0 atom stereocenters. The van der Waals surface area contributed by atoms with E-state index in [-0.39, 0.29) is 5.91 Å². The van der Waals surface area contributed by atoms with Crippen LogP contribution in [0.2, 0.25) is 0 Å². The van der Waals surface area contributed by atoms with Crippen molar-refractivity contribution in [3.8, 4) is 6.07 Å². The maximum atomic E-state index is 12.0. The lowest BCUT2D eigenvalue weighted by atomic mass is 10.0. The van der Waals surface area contributed by atoms with E-state index in [1.54, 1.807) is 7.05 Å². The number of carbonyl (C=O) groups excluding carboxylic acids is 1. The molecule has 0 saturated heterocycles. The lowest BCUT2D eigenvalue weighted by Gasteiger charge is -2.12. The molecule has 3 nitrogen and oxygen atoms in total. The van der Waals surface area contributed by atoms with E-state index in [1.165, 1.54) is 11.8 Å². The van der Waals surface area contributed by atoms with Crippen molar-refractivity contribution < 1.29 is 4.79 Å². The zero-order chi connectivity index (χ0) is 13.1. The van der Waals surface area contributed by atoms with Gasteiger partial charge in [0.25, 0.3) is 5.91 Å². The van der Waals surface area contributed by atoms with Crippen LogP contribution >= 0.6 is 11.8 Å². The number of rotatable bonds is 2. The van der Waals surface area contributed by atoms with Gasteiger partial charge in [0, 0.05) is 11.9 Å². The molecule has 0 heterocycles. The highest BCUT2D eigenvalue weighted by atomic mass is 32.2. The Morgan fingerprint density at radius 3 is 2.72 bits per heavy atom. The summed E-state index contributed by atoms with van der Waals surface area (Å²) in [5.41, 5.74) is 1.12. The molecule has 0 aliphatic carbocycles. The molecule has 0 aliphatic rings. The summed E-state index contributed by atoms with van der Waals surface area (Å²) < 4.78 is 0. The Morgan fingerprint density at radius 1 is 1.39 bits per heavy atom. The first kappa shape index (κ1) is 12.5. The molecule has 18 heavy (non-hydrogen) atoms. The highest BCUT2D eigenvalue weighted by Crippen LogP contribution is 2.31. The number of hydrogen-bond acceptors (Lipinski definition) is 3. The minimum absolute atomic E-state index is 0.160. The van der Waals surface area contributed by atoms with Crippen LogP contribution in [0.3, 0.4) is 0 Å². The van der Waals surface area contributed by atoms with Gasteiger partial charge in [0.05, 0.1) is 11.1 Å². The number of hydrogen-bond donors (Lipinski definition) is 1. The first-order valence-electron chi connectivity index (χ1n) is 5.44. The van der Waals surface area contributed by atoms with E-state index in [9.17, 15) is 10.1 Å². The highest BCUT2D eigenvalue weighted by molar-refractivity contribution is 7.98. The van der Waals surface area contributed by atoms with E-state index >= 15 is 0 Å². The Kier molecular flexibility index (Phi) is 3.54. The van der Waals surface area contributed by atoms with Gasteiger partial charge in [-0.3, -0.25) is 4.79 Å². The molecule has 2 aromatic rings. The van der Waals surface area contributed by atoms with Crippen molar-refractivity contribution in [1.82, 2.24) is 5.32 Å². The SMILES string of the molecule is CNC(=O)c1c(SC)c(C#N)cc2ccccc12. The lowest BCUT2D eigenvalue weighted by molar-refractivity contribution is 0.0962. The minimum Gasteiger partial charge on any atom is -0.355 e. The lowest BCUT2D eigenvalue weighted by Crippen LogP contribution is -2.19. The van der Waals surface area contributed by atoms with Gasteiger partial charge < -0.3 is 5.32 Å². The fourth-order valence-corrected chi connectivity index (χ4v) is 2.71. The highest BCUT2D eigenvalue weighted by Gasteiger charge is 2.17. The van der Waals surface area contributed by atoms with Crippen molar-refractivity contribution in [3.63, 3.8) is 0 Å². The van der Waals surface area contributed by atoms with Crippen molar-refractivity contribution in [1.29, 1.82) is 5.26 Å². The second-order valence-corrected chi connectivity index (χ2v) is 4.56. The van der Waals surface area contributed by atoms with E-state index in [1.807, 2.05) is 36.6 Å². The zero-order valence-electron chi connectivity index (χ0n) is 10.2. The van der Waals surface area contributed by atoms with E-state index < -0.39 is 0 Å². The van der Waals surface area contributed by atoms with Crippen LogP contribution < -0.4 is 5.32 Å². The first-order valence-corrected chi connectivity index (χ1v) is 6.67. The molecule has 0 aromatic heterocycles. The first-order chi connectivity index (χ1) is 8.72. The molecular weight excluding hydrogens is 244 g/mol. The minimum atomic E-state index is -0.160. The normalized spacial score (nSPS) is 10.1. The van der Waals surface area contributed by atoms with E-state index in [0.29, 0.717) is 11.1 Å². The molecule has 0 unspecified atom stereocenters. The monoisotopic (exact) mass is 256 g/mol. The maximum absolute atomic E-state index is 12.0. The molecule has 1 amide bonds. The number of thioether (sulfide) groups is 1. The molecule has 1 N–H and O–H groups in total. The van der Waals surface area contributed by atoms with Crippen LogP contribution in [0.4, 0.5) is 0 Å². The van der Waals surface area contributed by atoms with Crippen molar-refractivity contribution in [3.05, 3.63) is 41.5 Å². The zero-order valence-corrected chi connectivity index (χ0v) is 11.0. The van der Waals surface area contributed by atoms with Crippen LogP contribution in [0.15, 0.2) is 35.2 Å². The van der Waals surface area contributed by atoms with Gasteiger partial charge in [0.15, 0.2) is 0 Å². The fourth-order valence-electron chi connectivity index (χ4n) is 1.97. The van der Waals surface area contributed by atoms with Crippen molar-refractivity contribution in [2.75, 3.05) is 13.3 Å². The summed E-state index contributed by atoms with van der Waals surface area (Å²) >= 11 is 1.42. The van der Waals surface area contributed by atoms with Crippen LogP contribution in [-0.4, -0.2) is 19.2 Å². The van der Waals surface area contributed by atoms with Gasteiger partial charge in [-0.25, -0.2) is 0 Å². The summed E-state index contributed by atoms with van der Waals surface area (Å²) in [6.45, 7) is 0. The van der Waals surface area contributed by atoms with Crippen molar-refractivity contribution in [2.24, 2.45) is 0 Å². The smallest absolute Gasteiger partial charge is 0.252 e. The van der Waals surface area contributed by atoms with E-state index in [0.717, 1.165) is 15.7 Å². The van der Waals surface area contributed by atoms with Gasteiger partial charge >= 0.3 is 0 Å². The molecule has 4 heteroatoms. The number of nitriles is 1. The summed E-state index contributed by atoms with van der Waals surface area (Å²) in [5.74, 6) is -0.160. The Labute approximate surface area is 110 Å². The van der Waals surface area contributed by atoms with Crippen LogP contribution in [0.5, 0.6) is 0 Å². The molecule has 0 saturated carbocycles. The van der Waals surface area contributed by atoms with Crippen LogP contribution in [0.25, 0.3) is 10.8 Å². The predicted octanol–water partition coefficient (Wildman–Crippen LogP) is 2.79. The quantitative estimate of drug-likeness (QED) is 0.841. The second kappa shape index (κ2) is 5.11. The number of nitrogens with one attached hydrogen (secondary N) is 1. The van der Waals surface area contributed by atoms with Gasteiger partial charge in [-0.2, -0.15) is 5.26 Å². The van der Waals surface area contributed by atoms with Crippen molar-refractivity contribution in [2.45, 2.75) is 4.90 Å². The molecule has 90 valence electrons. The number of nitrogens with zero attached hydrogens (tertiary/aromatic N) is 1. The molecular formula is C14H12N2OS. The largest absolute Gasteiger partial charge is 0.355 e. The standard InChI is InChI=1S/C14H12N2OS/c1-16-14(17)12-11-6-4-3-5-9(11)7-10(8-15)13(12)18-2/h3-7H,1-2H3,(H,16,17). The van der Waals surface area contributed by atoms with Gasteiger partial charge in [0.2, 0.25) is 0 Å². The number of fused-ring (bicyclic) bond motifs is 1. The van der Waals surface area contributed by atoms with Gasteiger partial charge in [-0.1, -0.05) is 24.3 Å². The topological polar surface area (TPSA) is 52.9 Å². The predicted molar refractivity (Wildman–Crippen MR) is 73.8 cm³/mol. The van der Waals surface area contributed by atoms with Gasteiger partial charge in [0.1, 0.15) is 6.07 Å². The summed E-state index contributed by atoms with van der Waals surface area (Å²) in [6.07, 6.45) is 1.87. The molecule has 0 bridgehead atoms. The summed E-state index contributed by atoms with van der Waals surface area (Å²) in [6, 6.07) is 11.6. The molecule has 0 spiro atoms. The number of amides is 1. The molecule has 0 fully saturated rings. The van der Waals surface area contributed by atoms with Gasteiger partial charge in [-0.15, -0.1) is 11.8 Å². The second-order valence-electron chi connectivity index (χ2n) is 3.74. The molecule has 2 aromatic carbocycles.